The van der Waals surface area contributed by atoms with Gasteiger partial charge in [-0.2, -0.15) is 0 Å². The molecule has 5 nitrogen and oxygen atoms in total. The quantitative estimate of drug-likeness (QED) is 0.515. The van der Waals surface area contributed by atoms with Crippen LogP contribution in [-0.2, 0) is 10.0 Å². The van der Waals surface area contributed by atoms with Gasteiger partial charge in [0.15, 0.2) is 0 Å². The molecule has 3 rings (SSSR count). The highest BCUT2D eigenvalue weighted by molar-refractivity contribution is 7.92. The number of hydrogen-bond acceptors (Lipinski definition) is 3. The molecule has 3 aromatic carbocycles. The van der Waals surface area contributed by atoms with Gasteiger partial charge in [-0.1, -0.05) is 41.9 Å². The van der Waals surface area contributed by atoms with Crippen molar-refractivity contribution in [1.29, 1.82) is 0 Å². The maximum Gasteiger partial charge on any atom is 0.264 e. The summed E-state index contributed by atoms with van der Waals surface area (Å²) in [6, 6.07) is 17.8. The van der Waals surface area contributed by atoms with E-state index in [1.54, 1.807) is 30.3 Å². The molecule has 0 aliphatic heterocycles. The van der Waals surface area contributed by atoms with Gasteiger partial charge in [-0.25, -0.2) is 12.8 Å². The minimum absolute atomic E-state index is 0.0415. The van der Waals surface area contributed by atoms with E-state index < -0.39 is 21.7 Å². The van der Waals surface area contributed by atoms with Crippen molar-refractivity contribution in [3.05, 3.63) is 102 Å². The lowest BCUT2D eigenvalue weighted by atomic mass is 10.2. The van der Waals surface area contributed by atoms with Crippen LogP contribution in [0.4, 0.5) is 15.8 Å². The van der Waals surface area contributed by atoms with Crippen molar-refractivity contribution in [3.63, 3.8) is 0 Å². The summed E-state index contributed by atoms with van der Waals surface area (Å²) in [6.07, 6.45) is 1.47. The van der Waals surface area contributed by atoms with Gasteiger partial charge in [0.1, 0.15) is 5.82 Å². The molecule has 0 aliphatic rings. The molecule has 1 N–H and O–H groups in total. The molecule has 0 heterocycles. The maximum atomic E-state index is 13.4. The molecule has 8 heteroatoms. The number of para-hydroxylation sites is 1. The summed E-state index contributed by atoms with van der Waals surface area (Å²) in [5, 5.41) is 2.58. The van der Waals surface area contributed by atoms with Crippen LogP contribution in [-0.4, -0.2) is 20.9 Å². The fraction of sp³-hybridized carbons (Fsp3) is 0.0455. The first-order valence-corrected chi connectivity index (χ1v) is 10.7. The van der Waals surface area contributed by atoms with Gasteiger partial charge < -0.3 is 5.32 Å². The van der Waals surface area contributed by atoms with Gasteiger partial charge in [0.25, 0.3) is 15.9 Å². The molecule has 154 valence electrons. The number of carbonyl (C=O) groups excluding carboxylic acids is 1. The van der Waals surface area contributed by atoms with Crippen LogP contribution in [0.25, 0.3) is 0 Å². The number of rotatable bonds is 7. The predicted octanol–water partition coefficient (Wildman–Crippen LogP) is 5.11. The Labute approximate surface area is 179 Å². The third kappa shape index (κ3) is 4.69. The highest BCUT2D eigenvalue weighted by atomic mass is 35.5. The fourth-order valence-electron chi connectivity index (χ4n) is 2.78. The van der Waals surface area contributed by atoms with Crippen molar-refractivity contribution in [2.75, 3.05) is 16.2 Å². The van der Waals surface area contributed by atoms with Gasteiger partial charge in [0.05, 0.1) is 27.7 Å². The third-order valence-electron chi connectivity index (χ3n) is 4.19. The number of nitrogens with one attached hydrogen (secondary N) is 1. The Morgan fingerprint density at radius 2 is 1.80 bits per heavy atom. The zero-order valence-corrected chi connectivity index (χ0v) is 17.3. The molecular formula is C22H18ClFN2O3S. The molecule has 0 radical (unpaired) electrons. The Balaban J connectivity index is 1.98. The second kappa shape index (κ2) is 9.11. The molecule has 0 spiro atoms. The lowest BCUT2D eigenvalue weighted by Crippen LogP contribution is -2.31. The Morgan fingerprint density at radius 1 is 1.07 bits per heavy atom. The Bertz CT molecular complexity index is 1180. The van der Waals surface area contributed by atoms with E-state index >= 15 is 0 Å². The van der Waals surface area contributed by atoms with Crippen LogP contribution >= 0.6 is 11.6 Å². The van der Waals surface area contributed by atoms with Crippen LogP contribution in [0.5, 0.6) is 0 Å². The van der Waals surface area contributed by atoms with Gasteiger partial charge in [-0.15, -0.1) is 6.58 Å². The van der Waals surface area contributed by atoms with Crippen LogP contribution in [0.2, 0.25) is 5.02 Å². The smallest absolute Gasteiger partial charge is 0.264 e. The molecule has 0 saturated carbocycles. The van der Waals surface area contributed by atoms with Gasteiger partial charge in [-0.05, 0) is 48.5 Å². The maximum absolute atomic E-state index is 13.4. The summed E-state index contributed by atoms with van der Waals surface area (Å²) in [6.45, 7) is 3.67. The molecule has 3 aromatic rings. The number of benzene rings is 3. The van der Waals surface area contributed by atoms with Gasteiger partial charge in [0.2, 0.25) is 0 Å². The molecule has 1 amide bonds. The van der Waals surface area contributed by atoms with Crippen LogP contribution in [0.1, 0.15) is 10.4 Å². The monoisotopic (exact) mass is 444 g/mol. The first kappa shape index (κ1) is 21.5. The van der Waals surface area contributed by atoms with Crippen molar-refractivity contribution in [3.8, 4) is 0 Å². The van der Waals surface area contributed by atoms with Gasteiger partial charge >= 0.3 is 0 Å². The summed E-state index contributed by atoms with van der Waals surface area (Å²) in [4.78, 5) is 12.5. The van der Waals surface area contributed by atoms with E-state index in [-0.39, 0.29) is 27.7 Å². The van der Waals surface area contributed by atoms with E-state index in [9.17, 15) is 17.6 Å². The largest absolute Gasteiger partial charge is 0.322 e. The molecule has 0 unspecified atom stereocenters. The topological polar surface area (TPSA) is 66.5 Å². The highest BCUT2D eigenvalue weighted by Gasteiger charge is 2.26. The van der Waals surface area contributed by atoms with E-state index in [0.29, 0.717) is 5.69 Å². The van der Waals surface area contributed by atoms with Crippen molar-refractivity contribution < 1.29 is 17.6 Å². The van der Waals surface area contributed by atoms with Crippen LogP contribution in [0.3, 0.4) is 0 Å². The average molecular weight is 445 g/mol. The van der Waals surface area contributed by atoms with Crippen molar-refractivity contribution in [1.82, 2.24) is 0 Å². The summed E-state index contributed by atoms with van der Waals surface area (Å²) in [5.74, 6) is -1.17. The number of halogens is 2. The van der Waals surface area contributed by atoms with Gasteiger partial charge in [-0.3, -0.25) is 9.10 Å². The average Bonchev–Trinajstić information content (AvgIpc) is 2.72. The molecule has 0 atom stereocenters. The number of hydrogen-bond donors (Lipinski definition) is 1. The van der Waals surface area contributed by atoms with E-state index in [4.69, 9.17) is 11.6 Å². The predicted molar refractivity (Wildman–Crippen MR) is 117 cm³/mol. The third-order valence-corrected chi connectivity index (χ3v) is 6.31. The second-order valence-electron chi connectivity index (χ2n) is 6.27. The molecular weight excluding hydrogens is 427 g/mol. The molecule has 0 saturated heterocycles. The fourth-order valence-corrected chi connectivity index (χ4v) is 4.45. The van der Waals surface area contributed by atoms with E-state index in [1.807, 2.05) is 0 Å². The standard InChI is InChI=1S/C22H18ClFN2O3S/c1-2-13-26(18-9-4-3-5-10-18)30(28,29)19-11-12-21(23)20(15-19)22(27)25-17-8-6-7-16(24)14-17/h2-12,14-15H,1,13H2,(H,25,27). The lowest BCUT2D eigenvalue weighted by Gasteiger charge is -2.23. The minimum atomic E-state index is -4.01. The second-order valence-corrected chi connectivity index (χ2v) is 8.54. The Morgan fingerprint density at radius 3 is 2.47 bits per heavy atom. The van der Waals surface area contributed by atoms with Gasteiger partial charge in [0, 0.05) is 5.69 Å². The van der Waals surface area contributed by atoms with Crippen molar-refractivity contribution in [2.24, 2.45) is 0 Å². The van der Waals surface area contributed by atoms with Crippen molar-refractivity contribution in [2.45, 2.75) is 4.90 Å². The number of anilines is 2. The number of amides is 1. The van der Waals surface area contributed by atoms with E-state index in [1.165, 1.54) is 46.8 Å². The molecule has 0 fully saturated rings. The van der Waals surface area contributed by atoms with Crippen molar-refractivity contribution >= 4 is 38.9 Å². The first-order valence-electron chi connectivity index (χ1n) is 8.88. The summed E-state index contributed by atoms with van der Waals surface area (Å²) in [5.41, 5.74) is 0.633. The Kier molecular flexibility index (Phi) is 6.54. The van der Waals surface area contributed by atoms with Crippen LogP contribution < -0.4 is 9.62 Å². The molecule has 0 aromatic heterocycles. The van der Waals surface area contributed by atoms with Crippen LogP contribution in [0, 0.1) is 5.82 Å². The summed E-state index contributed by atoms with van der Waals surface area (Å²) < 4.78 is 41.1. The SMILES string of the molecule is C=CCN(c1ccccc1)S(=O)(=O)c1ccc(Cl)c(C(=O)Nc2cccc(F)c2)c1. The summed E-state index contributed by atoms with van der Waals surface area (Å²) in [7, 11) is -4.01. The number of carbonyl (C=O) groups is 1. The zero-order valence-electron chi connectivity index (χ0n) is 15.8. The molecule has 0 aliphatic carbocycles. The Hall–Kier alpha value is -3.16. The van der Waals surface area contributed by atoms with E-state index in [2.05, 4.69) is 11.9 Å². The number of nitrogens with zero attached hydrogens (tertiary/aromatic N) is 1. The highest BCUT2D eigenvalue weighted by Crippen LogP contribution is 2.27. The molecule has 0 bridgehead atoms. The zero-order chi connectivity index (χ0) is 21.7. The number of sulfonamides is 1. The van der Waals surface area contributed by atoms with Crippen LogP contribution in [0.15, 0.2) is 90.3 Å². The summed E-state index contributed by atoms with van der Waals surface area (Å²) >= 11 is 6.14. The lowest BCUT2D eigenvalue weighted by molar-refractivity contribution is 0.102. The normalized spacial score (nSPS) is 11.0. The first-order chi connectivity index (χ1) is 14.3. The molecule has 30 heavy (non-hydrogen) atoms. The minimum Gasteiger partial charge on any atom is -0.322 e. The van der Waals surface area contributed by atoms with E-state index in [0.717, 1.165) is 6.07 Å².